The summed E-state index contributed by atoms with van der Waals surface area (Å²) in [6.45, 7) is 7.27. The molecular weight excluding hydrogens is 672 g/mol. The summed E-state index contributed by atoms with van der Waals surface area (Å²) in [5, 5.41) is 9.74. The van der Waals surface area contributed by atoms with E-state index >= 15 is 0 Å². The Morgan fingerprint density at radius 2 is 0.979 bits per heavy atom. The first kappa shape index (κ1) is 47.3. The van der Waals surface area contributed by atoms with Crippen molar-refractivity contribution in [2.24, 2.45) is 0 Å². The summed E-state index contributed by atoms with van der Waals surface area (Å²) in [7, 11) is 4.11. The van der Waals surface area contributed by atoms with Crippen molar-refractivity contribution in [2.75, 3.05) is 60.2 Å². The number of nitrogens with zero attached hydrogens (tertiary/aromatic N) is 2. The monoisotopic (exact) mass is 748 g/mol. The Morgan fingerprint density at radius 1 is 0.646 bits per heavy atom. The van der Waals surface area contributed by atoms with Crippen molar-refractivity contribution >= 4 is 11.9 Å². The Balaban J connectivity index is 0.0000221. The Morgan fingerprint density at radius 3 is 1.27 bits per heavy atom. The van der Waals surface area contributed by atoms with E-state index in [1.807, 2.05) is 0 Å². The maximum absolute atomic E-state index is 12.5. The highest BCUT2D eigenvalue weighted by Gasteiger charge is 2.56. The number of rotatable bonds is 34. The highest BCUT2D eigenvalue weighted by molar-refractivity contribution is 5.69. The van der Waals surface area contributed by atoms with Crippen LogP contribution in [0.2, 0.25) is 0 Å². The number of carbonyl (C=O) groups excluding carboxylic acids is 2. The van der Waals surface area contributed by atoms with Crippen LogP contribution in [-0.2, 0) is 23.8 Å². The van der Waals surface area contributed by atoms with Gasteiger partial charge in [0.15, 0.2) is 0 Å². The SMILES string of the molecule is CCCCCCCCCCCCCC(=O)OCCN(CCOC(=O)CCCCCCCCCCCCC)C1([N+](C)(C)CCO)CCO1.[Br-]. The van der Waals surface area contributed by atoms with Crippen LogP contribution < -0.4 is 17.0 Å². The van der Waals surface area contributed by atoms with Crippen LogP contribution in [0.1, 0.15) is 174 Å². The number of aliphatic hydroxyl groups excluding tert-OH is 1. The number of hydrogen-bond acceptors (Lipinski definition) is 7. The van der Waals surface area contributed by atoms with Gasteiger partial charge in [0.25, 0.3) is 5.85 Å². The predicted molar refractivity (Wildman–Crippen MR) is 193 cm³/mol. The zero-order valence-electron chi connectivity index (χ0n) is 31.9. The minimum atomic E-state index is -0.631. The number of aliphatic hydroxyl groups is 1. The molecule has 1 rings (SSSR count). The van der Waals surface area contributed by atoms with Gasteiger partial charge in [-0.05, 0) is 12.8 Å². The van der Waals surface area contributed by atoms with E-state index in [1.165, 1.54) is 116 Å². The van der Waals surface area contributed by atoms with E-state index < -0.39 is 5.85 Å². The van der Waals surface area contributed by atoms with Gasteiger partial charge in [-0.3, -0.25) is 14.1 Å². The van der Waals surface area contributed by atoms with Crippen molar-refractivity contribution in [1.82, 2.24) is 4.90 Å². The number of quaternary nitrogens is 1. The number of ether oxygens (including phenoxy) is 3. The van der Waals surface area contributed by atoms with E-state index in [0.29, 0.717) is 43.6 Å². The first-order valence-corrected chi connectivity index (χ1v) is 20.0. The van der Waals surface area contributed by atoms with Gasteiger partial charge in [0.2, 0.25) is 0 Å². The van der Waals surface area contributed by atoms with Crippen LogP contribution >= 0.6 is 0 Å². The third-order valence-electron chi connectivity index (χ3n) is 10.1. The van der Waals surface area contributed by atoms with Gasteiger partial charge in [-0.25, -0.2) is 4.90 Å². The molecule has 0 saturated carbocycles. The van der Waals surface area contributed by atoms with Crippen LogP contribution in [0.4, 0.5) is 0 Å². The van der Waals surface area contributed by atoms with Crippen molar-refractivity contribution in [3.8, 4) is 0 Å². The maximum atomic E-state index is 12.5. The molecule has 1 fully saturated rings. The van der Waals surface area contributed by atoms with Crippen molar-refractivity contribution in [1.29, 1.82) is 0 Å². The zero-order chi connectivity index (χ0) is 34.5. The third-order valence-corrected chi connectivity index (χ3v) is 10.1. The van der Waals surface area contributed by atoms with Gasteiger partial charge in [-0.1, -0.05) is 142 Å². The smallest absolute Gasteiger partial charge is 0.305 e. The molecule has 1 unspecified atom stereocenters. The Labute approximate surface area is 306 Å². The molecule has 1 saturated heterocycles. The van der Waals surface area contributed by atoms with E-state index in [4.69, 9.17) is 14.2 Å². The molecule has 1 heterocycles. The summed E-state index contributed by atoms with van der Waals surface area (Å²) in [6.07, 6.45) is 29.3. The minimum absolute atomic E-state index is 0. The number of esters is 2. The first-order valence-electron chi connectivity index (χ1n) is 20.0. The zero-order valence-corrected chi connectivity index (χ0v) is 33.5. The summed E-state index contributed by atoms with van der Waals surface area (Å²) in [5.41, 5.74) is 0. The number of halogens is 1. The van der Waals surface area contributed by atoms with Crippen molar-refractivity contribution in [3.63, 3.8) is 0 Å². The van der Waals surface area contributed by atoms with Gasteiger partial charge in [-0.2, -0.15) is 0 Å². The highest BCUT2D eigenvalue weighted by atomic mass is 79.9. The molecule has 1 aliphatic heterocycles. The van der Waals surface area contributed by atoms with Crippen molar-refractivity contribution in [3.05, 3.63) is 0 Å². The third kappa shape index (κ3) is 21.5. The summed E-state index contributed by atoms with van der Waals surface area (Å²) < 4.78 is 18.0. The standard InChI is InChI=1S/C39H77N2O6.BrH/c1-5-7-9-11-13-15-17-19-21-23-25-27-37(43)45-35-30-40(39(29-34-47-39)41(3,4)32-33-42)31-36-46-38(44)28-26-24-22-20-18-16-14-12-10-8-6-2;/h42H,5-36H2,1-4H3;1H/q+1;/p-1. The molecular formula is C39H77BrN2O6. The van der Waals surface area contributed by atoms with Crippen LogP contribution in [0, 0.1) is 0 Å². The quantitative estimate of drug-likeness (QED) is 0.0379. The second-order valence-corrected chi connectivity index (χ2v) is 14.5. The molecule has 0 aromatic carbocycles. The molecule has 8 nitrogen and oxygen atoms in total. The molecule has 0 spiro atoms. The summed E-state index contributed by atoms with van der Waals surface area (Å²) in [4.78, 5) is 27.1. The lowest BCUT2D eigenvalue weighted by molar-refractivity contribution is -0.994. The summed E-state index contributed by atoms with van der Waals surface area (Å²) in [5.74, 6) is -0.924. The molecule has 0 aromatic rings. The molecule has 1 N–H and O–H groups in total. The van der Waals surface area contributed by atoms with Crippen LogP contribution in [0.15, 0.2) is 0 Å². The molecule has 1 atom stereocenters. The van der Waals surface area contributed by atoms with Gasteiger partial charge in [-0.15, -0.1) is 0 Å². The topological polar surface area (TPSA) is 85.3 Å². The van der Waals surface area contributed by atoms with Gasteiger partial charge in [0, 0.05) is 25.9 Å². The lowest BCUT2D eigenvalue weighted by atomic mass is 10.1. The average Bonchev–Trinajstić information content (AvgIpc) is 3.01. The minimum Gasteiger partial charge on any atom is -1.00 e. The van der Waals surface area contributed by atoms with E-state index in [-0.39, 0.29) is 48.7 Å². The predicted octanol–water partition coefficient (Wildman–Crippen LogP) is 5.92. The Kier molecular flexibility index (Phi) is 30.6. The highest BCUT2D eigenvalue weighted by Crippen LogP contribution is 2.37. The number of carbonyl (C=O) groups is 2. The van der Waals surface area contributed by atoms with E-state index in [9.17, 15) is 14.7 Å². The number of unbranched alkanes of at least 4 members (excludes halogenated alkanes) is 20. The second kappa shape index (κ2) is 31.0. The fourth-order valence-electron chi connectivity index (χ4n) is 6.83. The molecule has 0 radical (unpaired) electrons. The van der Waals surface area contributed by atoms with E-state index in [0.717, 1.165) is 32.1 Å². The summed E-state index contributed by atoms with van der Waals surface area (Å²) >= 11 is 0. The molecule has 0 amide bonds. The van der Waals surface area contributed by atoms with Gasteiger partial charge in [0.05, 0.1) is 33.7 Å². The average molecular weight is 750 g/mol. The molecule has 0 bridgehead atoms. The Bertz CT molecular complexity index is 721. The molecule has 0 aliphatic carbocycles. The molecule has 286 valence electrons. The fraction of sp³-hybridized carbons (Fsp3) is 0.949. The fourth-order valence-corrected chi connectivity index (χ4v) is 6.83. The molecule has 9 heteroatoms. The van der Waals surface area contributed by atoms with Gasteiger partial charge in [0.1, 0.15) is 19.8 Å². The Hall–Kier alpha value is -0.740. The largest absolute Gasteiger partial charge is 1.00 e. The van der Waals surface area contributed by atoms with Crippen LogP contribution in [0.5, 0.6) is 0 Å². The van der Waals surface area contributed by atoms with Crippen LogP contribution in [0.25, 0.3) is 0 Å². The van der Waals surface area contributed by atoms with Crippen molar-refractivity contribution < 1.29 is 50.4 Å². The molecule has 0 aromatic heterocycles. The number of hydrogen-bond donors (Lipinski definition) is 1. The van der Waals surface area contributed by atoms with Crippen molar-refractivity contribution in [2.45, 2.75) is 180 Å². The van der Waals surface area contributed by atoms with E-state index in [1.54, 1.807) is 0 Å². The van der Waals surface area contributed by atoms with Gasteiger partial charge < -0.3 is 36.3 Å². The van der Waals surface area contributed by atoms with Gasteiger partial charge >= 0.3 is 11.9 Å². The van der Waals surface area contributed by atoms with Crippen LogP contribution in [0.3, 0.4) is 0 Å². The number of likely N-dealkylation sites (N-methyl/N-ethyl adjacent to an activating group) is 1. The lowest BCUT2D eigenvalue weighted by Gasteiger charge is -2.57. The second-order valence-electron chi connectivity index (χ2n) is 14.5. The first-order chi connectivity index (χ1) is 22.8. The summed E-state index contributed by atoms with van der Waals surface area (Å²) in [6, 6.07) is 0. The van der Waals surface area contributed by atoms with Crippen LogP contribution in [-0.4, -0.2) is 92.4 Å². The lowest BCUT2D eigenvalue weighted by Crippen LogP contribution is -3.00. The normalized spacial score (nSPS) is 16.0. The molecule has 48 heavy (non-hydrogen) atoms. The van der Waals surface area contributed by atoms with E-state index in [2.05, 4.69) is 32.8 Å². The molecule has 1 aliphatic rings. The maximum Gasteiger partial charge on any atom is 0.305 e.